The third kappa shape index (κ3) is 4.20. The second kappa shape index (κ2) is 8.80. The molecule has 4 aromatic rings. The van der Waals surface area contributed by atoms with Crippen LogP contribution < -0.4 is 19.5 Å². The Hall–Kier alpha value is -3.71. The van der Waals surface area contributed by atoms with Crippen molar-refractivity contribution in [2.45, 2.75) is 13.2 Å². The summed E-state index contributed by atoms with van der Waals surface area (Å²) in [5, 5.41) is 3.25. The lowest BCUT2D eigenvalue weighted by Crippen LogP contribution is -2.21. The van der Waals surface area contributed by atoms with Crippen LogP contribution in [0, 0.1) is 0 Å². The highest BCUT2D eigenvalue weighted by atomic mass is 35.5. The minimum absolute atomic E-state index is 0.0543. The van der Waals surface area contributed by atoms with Gasteiger partial charge in [-0.15, -0.1) is 0 Å². The lowest BCUT2D eigenvalue weighted by molar-refractivity contribution is -0.116. The van der Waals surface area contributed by atoms with Gasteiger partial charge in [-0.2, -0.15) is 0 Å². The average Bonchev–Trinajstić information content (AvgIpc) is 3.16. The van der Waals surface area contributed by atoms with Crippen LogP contribution in [0.15, 0.2) is 66.7 Å². The maximum atomic E-state index is 12.9. The molecule has 1 aliphatic rings. The second-order valence-corrected chi connectivity index (χ2v) is 7.64. The molecule has 162 valence electrons. The zero-order valence-corrected chi connectivity index (χ0v) is 17.8. The first-order valence-electron chi connectivity index (χ1n) is 10.2. The van der Waals surface area contributed by atoms with Crippen LogP contribution in [0.3, 0.4) is 0 Å². The molecule has 32 heavy (non-hydrogen) atoms. The SMILES string of the molecule is O=C(Cn1c(COc2ccccc2)nc2ccccc21)Nc1cc2c(cc1Cl)OCCO2. The molecule has 1 N–H and O–H groups in total. The number of ether oxygens (including phenoxy) is 3. The van der Waals surface area contributed by atoms with Crippen LogP contribution in [0.1, 0.15) is 5.82 Å². The van der Waals surface area contributed by atoms with Crippen molar-refractivity contribution < 1.29 is 19.0 Å². The summed E-state index contributed by atoms with van der Waals surface area (Å²) < 4.78 is 18.8. The number of nitrogens with one attached hydrogen (secondary N) is 1. The van der Waals surface area contributed by atoms with Gasteiger partial charge < -0.3 is 24.1 Å². The number of amides is 1. The van der Waals surface area contributed by atoms with E-state index in [9.17, 15) is 4.79 Å². The largest absolute Gasteiger partial charge is 0.486 e. The molecule has 0 saturated carbocycles. The van der Waals surface area contributed by atoms with E-state index in [4.69, 9.17) is 25.8 Å². The fourth-order valence-electron chi connectivity index (χ4n) is 3.57. The number of nitrogens with zero attached hydrogens (tertiary/aromatic N) is 2. The fraction of sp³-hybridized carbons (Fsp3) is 0.167. The molecule has 0 atom stereocenters. The Labute approximate surface area is 189 Å². The van der Waals surface area contributed by atoms with E-state index in [0.29, 0.717) is 41.2 Å². The minimum atomic E-state index is -0.243. The summed E-state index contributed by atoms with van der Waals surface area (Å²) in [6, 6.07) is 20.5. The Balaban J connectivity index is 1.38. The number of rotatable bonds is 6. The summed E-state index contributed by atoms with van der Waals surface area (Å²) in [5.41, 5.74) is 2.11. The Morgan fingerprint density at radius 2 is 1.75 bits per heavy atom. The van der Waals surface area contributed by atoms with Crippen LogP contribution in [-0.2, 0) is 17.9 Å². The summed E-state index contributed by atoms with van der Waals surface area (Å²) in [4.78, 5) is 17.6. The number of carbonyl (C=O) groups excluding carboxylic acids is 1. The van der Waals surface area contributed by atoms with Crippen LogP contribution in [0.25, 0.3) is 11.0 Å². The summed E-state index contributed by atoms with van der Waals surface area (Å²) in [5.74, 6) is 2.27. The smallest absolute Gasteiger partial charge is 0.244 e. The van der Waals surface area contributed by atoms with Crippen LogP contribution in [-0.4, -0.2) is 28.7 Å². The first-order chi connectivity index (χ1) is 15.7. The number of fused-ring (bicyclic) bond motifs is 2. The Morgan fingerprint density at radius 1 is 1.03 bits per heavy atom. The van der Waals surface area contributed by atoms with Gasteiger partial charge >= 0.3 is 0 Å². The van der Waals surface area contributed by atoms with E-state index in [1.54, 1.807) is 12.1 Å². The van der Waals surface area contributed by atoms with Gasteiger partial charge in [-0.25, -0.2) is 4.98 Å². The summed E-state index contributed by atoms with van der Waals surface area (Å²) >= 11 is 6.34. The normalized spacial score (nSPS) is 12.5. The number of halogens is 1. The Kier molecular flexibility index (Phi) is 5.56. The molecule has 1 aliphatic heterocycles. The molecule has 0 unspecified atom stereocenters. The van der Waals surface area contributed by atoms with Gasteiger partial charge in [0.2, 0.25) is 5.91 Å². The van der Waals surface area contributed by atoms with Gasteiger partial charge in [0.15, 0.2) is 11.5 Å². The molecular formula is C24H20ClN3O4. The summed E-state index contributed by atoms with van der Waals surface area (Å²) in [6.07, 6.45) is 0. The molecule has 5 rings (SSSR count). The highest BCUT2D eigenvalue weighted by Gasteiger charge is 2.18. The van der Waals surface area contributed by atoms with Crippen molar-refractivity contribution in [2.24, 2.45) is 0 Å². The molecular weight excluding hydrogens is 430 g/mol. The predicted molar refractivity (Wildman–Crippen MR) is 122 cm³/mol. The lowest BCUT2D eigenvalue weighted by atomic mass is 10.2. The van der Waals surface area contributed by atoms with E-state index in [0.717, 1.165) is 16.8 Å². The zero-order valence-electron chi connectivity index (χ0n) is 17.1. The second-order valence-electron chi connectivity index (χ2n) is 7.23. The molecule has 0 bridgehead atoms. The van der Waals surface area contributed by atoms with Crippen molar-refractivity contribution >= 4 is 34.2 Å². The van der Waals surface area contributed by atoms with E-state index in [1.165, 1.54) is 0 Å². The standard InChI is InChI=1S/C24H20ClN3O4/c25-17-12-21-22(31-11-10-30-21)13-19(17)27-24(29)14-28-20-9-5-4-8-18(20)26-23(28)15-32-16-6-2-1-3-7-16/h1-9,12-13H,10-11,14-15H2,(H,27,29). The number of benzene rings is 3. The highest BCUT2D eigenvalue weighted by molar-refractivity contribution is 6.34. The van der Waals surface area contributed by atoms with E-state index in [2.05, 4.69) is 10.3 Å². The predicted octanol–water partition coefficient (Wildman–Crippen LogP) is 4.68. The molecule has 0 fully saturated rings. The minimum Gasteiger partial charge on any atom is -0.486 e. The highest BCUT2D eigenvalue weighted by Crippen LogP contribution is 2.38. The molecule has 0 radical (unpaired) electrons. The molecule has 1 amide bonds. The maximum Gasteiger partial charge on any atom is 0.244 e. The van der Waals surface area contributed by atoms with Gasteiger partial charge in [-0.3, -0.25) is 4.79 Å². The molecule has 0 aliphatic carbocycles. The molecule has 8 heteroatoms. The third-order valence-electron chi connectivity index (χ3n) is 5.05. The number of aromatic nitrogens is 2. The van der Waals surface area contributed by atoms with Crippen molar-refractivity contribution in [1.29, 1.82) is 0 Å². The van der Waals surface area contributed by atoms with Crippen LogP contribution >= 0.6 is 11.6 Å². The van der Waals surface area contributed by atoms with E-state index in [1.807, 2.05) is 59.2 Å². The molecule has 0 saturated heterocycles. The maximum absolute atomic E-state index is 12.9. The van der Waals surface area contributed by atoms with Crippen LogP contribution in [0.4, 0.5) is 5.69 Å². The van der Waals surface area contributed by atoms with Crippen molar-refractivity contribution in [1.82, 2.24) is 9.55 Å². The molecule has 7 nitrogen and oxygen atoms in total. The first-order valence-corrected chi connectivity index (χ1v) is 10.6. The average molecular weight is 450 g/mol. The Morgan fingerprint density at radius 3 is 2.56 bits per heavy atom. The fourth-order valence-corrected chi connectivity index (χ4v) is 3.77. The van der Waals surface area contributed by atoms with Gasteiger partial charge in [0, 0.05) is 12.1 Å². The number of hydrogen-bond acceptors (Lipinski definition) is 5. The van der Waals surface area contributed by atoms with Gasteiger partial charge in [-0.05, 0) is 24.3 Å². The molecule has 3 aromatic carbocycles. The van der Waals surface area contributed by atoms with Crippen molar-refractivity contribution in [3.05, 3.63) is 77.6 Å². The third-order valence-corrected chi connectivity index (χ3v) is 5.37. The summed E-state index contributed by atoms with van der Waals surface area (Å²) in [6.45, 7) is 1.21. The quantitative estimate of drug-likeness (QED) is 0.462. The summed E-state index contributed by atoms with van der Waals surface area (Å²) in [7, 11) is 0. The van der Waals surface area contributed by atoms with Crippen LogP contribution in [0.5, 0.6) is 17.2 Å². The van der Waals surface area contributed by atoms with E-state index in [-0.39, 0.29) is 19.1 Å². The van der Waals surface area contributed by atoms with Gasteiger partial charge in [0.1, 0.15) is 37.9 Å². The topological polar surface area (TPSA) is 74.6 Å². The number of imidazole rings is 1. The van der Waals surface area contributed by atoms with Crippen LogP contribution in [0.2, 0.25) is 5.02 Å². The number of anilines is 1. The van der Waals surface area contributed by atoms with E-state index < -0.39 is 0 Å². The van der Waals surface area contributed by atoms with Gasteiger partial charge in [0.05, 0.1) is 21.7 Å². The van der Waals surface area contributed by atoms with Crippen molar-refractivity contribution in [2.75, 3.05) is 18.5 Å². The number of para-hydroxylation sites is 3. The van der Waals surface area contributed by atoms with Gasteiger partial charge in [0.25, 0.3) is 0 Å². The lowest BCUT2D eigenvalue weighted by Gasteiger charge is -2.20. The van der Waals surface area contributed by atoms with Crippen molar-refractivity contribution in [3.63, 3.8) is 0 Å². The molecule has 1 aromatic heterocycles. The van der Waals surface area contributed by atoms with Crippen molar-refractivity contribution in [3.8, 4) is 17.2 Å². The Bertz CT molecular complexity index is 1270. The number of carbonyl (C=O) groups is 1. The first kappa shape index (κ1) is 20.2. The number of hydrogen-bond donors (Lipinski definition) is 1. The van der Waals surface area contributed by atoms with E-state index >= 15 is 0 Å². The molecule has 2 heterocycles. The zero-order chi connectivity index (χ0) is 21.9. The monoisotopic (exact) mass is 449 g/mol. The van der Waals surface area contributed by atoms with Gasteiger partial charge in [-0.1, -0.05) is 41.9 Å². The molecule has 0 spiro atoms.